The van der Waals surface area contributed by atoms with Gasteiger partial charge in [0.05, 0.1) is 23.5 Å². The molecule has 3 saturated carbocycles. The van der Waals surface area contributed by atoms with Gasteiger partial charge in [-0.1, -0.05) is 46.3 Å². The highest BCUT2D eigenvalue weighted by Gasteiger charge is 2.72. The van der Waals surface area contributed by atoms with Crippen molar-refractivity contribution in [2.45, 2.75) is 92.9 Å². The van der Waals surface area contributed by atoms with Gasteiger partial charge in [-0.15, -0.1) is 0 Å². The van der Waals surface area contributed by atoms with Gasteiger partial charge in [0.1, 0.15) is 6.07 Å². The Labute approximate surface area is 230 Å². The summed E-state index contributed by atoms with van der Waals surface area (Å²) in [6.07, 6.45) is 4.84. The minimum Gasteiger partial charge on any atom is -0.469 e. The molecule has 5 aliphatic carbocycles. The third kappa shape index (κ3) is 3.29. The van der Waals surface area contributed by atoms with E-state index in [1.54, 1.807) is 12.2 Å². The van der Waals surface area contributed by atoms with Crippen molar-refractivity contribution in [2.75, 3.05) is 7.11 Å². The summed E-state index contributed by atoms with van der Waals surface area (Å²) in [7, 11) is 1.43. The molecule has 39 heavy (non-hydrogen) atoms. The van der Waals surface area contributed by atoms with E-state index < -0.39 is 51.1 Å². The van der Waals surface area contributed by atoms with Gasteiger partial charge in [0.2, 0.25) is 0 Å². The highest BCUT2D eigenvalue weighted by Crippen LogP contribution is 2.75. The largest absolute Gasteiger partial charge is 0.469 e. The van der Waals surface area contributed by atoms with E-state index in [-0.39, 0.29) is 28.7 Å². The van der Waals surface area contributed by atoms with Crippen LogP contribution in [-0.4, -0.2) is 31.1 Å². The average Bonchev–Trinajstić information content (AvgIpc) is 2.86. The van der Waals surface area contributed by atoms with Crippen molar-refractivity contribution in [1.82, 2.24) is 0 Å². The van der Waals surface area contributed by atoms with E-state index in [0.29, 0.717) is 32.1 Å². The summed E-state index contributed by atoms with van der Waals surface area (Å²) in [6.45, 7) is 11.8. The molecule has 5 rings (SSSR count). The van der Waals surface area contributed by atoms with Gasteiger partial charge in [-0.3, -0.25) is 14.4 Å². The van der Waals surface area contributed by atoms with Gasteiger partial charge >= 0.3 is 5.97 Å². The highest BCUT2D eigenvalue weighted by atomic mass is 19.3. The predicted octanol–water partition coefficient (Wildman–Crippen LogP) is 6.62. The second-order valence-electron chi connectivity index (χ2n) is 14.8. The number of nitrogens with zero attached hydrogens (tertiary/aromatic N) is 1. The molecule has 212 valence electrons. The Morgan fingerprint density at radius 1 is 1.05 bits per heavy atom. The molecule has 0 spiro atoms. The summed E-state index contributed by atoms with van der Waals surface area (Å²) in [4.78, 5) is 40.9. The molecule has 0 aliphatic heterocycles. The number of Topliss-reactive ketones (excluding diaryl/α,β-unsaturated/α-hetero) is 1. The maximum atomic E-state index is 14.7. The van der Waals surface area contributed by atoms with E-state index in [0.717, 1.165) is 18.4 Å². The molecule has 0 bridgehead atoms. The zero-order valence-electron chi connectivity index (χ0n) is 24.2. The zero-order valence-corrected chi connectivity index (χ0v) is 24.2. The molecule has 3 fully saturated rings. The van der Waals surface area contributed by atoms with Gasteiger partial charge in [0.25, 0.3) is 6.43 Å². The molecule has 5 nitrogen and oxygen atoms in total. The molecule has 0 aromatic heterocycles. The van der Waals surface area contributed by atoms with Crippen LogP contribution in [0.3, 0.4) is 0 Å². The highest BCUT2D eigenvalue weighted by molar-refractivity contribution is 6.05. The number of allylic oxidation sites excluding steroid dienone is 4. The number of hydrogen-bond donors (Lipinski definition) is 0. The summed E-state index contributed by atoms with van der Waals surface area (Å²) in [5, 5.41) is 9.80. The molecular weight excluding hydrogens is 500 g/mol. The number of carbonyl (C=O) groups is 3. The lowest BCUT2D eigenvalue weighted by atomic mass is 9.34. The summed E-state index contributed by atoms with van der Waals surface area (Å²) < 4.78 is 34.7. The first kappa shape index (κ1) is 28.2. The van der Waals surface area contributed by atoms with Crippen molar-refractivity contribution in [1.29, 1.82) is 5.26 Å². The lowest BCUT2D eigenvalue weighted by Gasteiger charge is -2.68. The van der Waals surface area contributed by atoms with Crippen molar-refractivity contribution in [3.8, 4) is 6.07 Å². The van der Waals surface area contributed by atoms with Crippen LogP contribution in [0, 0.1) is 61.6 Å². The average molecular weight is 542 g/mol. The SMILES string of the molecule is COC(=O)[C@]12CCC(C)(C)CC1[C@@H]1C(=O)C=C3[C@@]4(C)C=C(C#N)C(=O)[C@@](C)(C(F)F)C4CC[C@@]3(C)[C@]1(C)CC2. The molecule has 8 atom stereocenters. The molecule has 7 heteroatoms. The van der Waals surface area contributed by atoms with E-state index in [1.165, 1.54) is 14.0 Å². The van der Waals surface area contributed by atoms with Crippen molar-refractivity contribution in [2.24, 2.45) is 50.2 Å². The lowest BCUT2D eigenvalue weighted by molar-refractivity contribution is -0.192. The Hall–Kier alpha value is -2.36. The number of fused-ring (bicyclic) bond motifs is 7. The number of carbonyl (C=O) groups excluding carboxylic acids is 3. The smallest absolute Gasteiger partial charge is 0.312 e. The first-order valence-corrected chi connectivity index (χ1v) is 14.3. The summed E-state index contributed by atoms with van der Waals surface area (Å²) in [5.74, 6) is -2.40. The number of esters is 1. The molecule has 0 aromatic carbocycles. The first-order valence-electron chi connectivity index (χ1n) is 14.3. The Morgan fingerprint density at radius 3 is 2.28 bits per heavy atom. The minimum atomic E-state index is -2.93. The Bertz CT molecular complexity index is 1260. The quantitative estimate of drug-likeness (QED) is 0.367. The standard InChI is InChI=1S/C32H41F2NO4/c1-27(2)10-12-32(26(38)39-7)13-11-30(5)23(19(32)16-27)20(36)14-22-28(3)15-18(17-35)24(37)31(6,25(33)34)21(28)8-9-29(22,30)4/h14-15,19,21,23,25H,8-13,16H2,1-7H3/t19?,21?,23-,28+,29-,30-,31+,32+/m1/s1. The Kier molecular flexibility index (Phi) is 6.02. The number of halogens is 2. The summed E-state index contributed by atoms with van der Waals surface area (Å²) >= 11 is 0. The van der Waals surface area contributed by atoms with E-state index in [1.807, 2.05) is 13.0 Å². The van der Waals surface area contributed by atoms with Gasteiger partial charge in [0, 0.05) is 11.3 Å². The van der Waals surface area contributed by atoms with Crippen LogP contribution in [0.5, 0.6) is 0 Å². The van der Waals surface area contributed by atoms with Crippen LogP contribution >= 0.6 is 0 Å². The molecule has 0 saturated heterocycles. The van der Waals surface area contributed by atoms with E-state index in [4.69, 9.17) is 4.74 Å². The van der Waals surface area contributed by atoms with Crippen LogP contribution in [0.25, 0.3) is 0 Å². The predicted molar refractivity (Wildman–Crippen MR) is 141 cm³/mol. The number of nitriles is 1. The first-order chi connectivity index (χ1) is 18.0. The molecule has 2 unspecified atom stereocenters. The van der Waals surface area contributed by atoms with Crippen molar-refractivity contribution >= 4 is 17.5 Å². The van der Waals surface area contributed by atoms with Crippen molar-refractivity contribution in [3.63, 3.8) is 0 Å². The molecule has 5 aliphatic rings. The Morgan fingerprint density at radius 2 is 1.69 bits per heavy atom. The summed E-state index contributed by atoms with van der Waals surface area (Å²) in [5.41, 5.74) is -4.29. The molecule has 0 N–H and O–H groups in total. The molecule has 0 heterocycles. The molecular formula is C32H41F2NO4. The van der Waals surface area contributed by atoms with Crippen LogP contribution in [0.2, 0.25) is 0 Å². The number of ketones is 2. The van der Waals surface area contributed by atoms with Crippen molar-refractivity contribution in [3.05, 3.63) is 23.3 Å². The monoisotopic (exact) mass is 541 g/mol. The molecule has 0 amide bonds. The van der Waals surface area contributed by atoms with Crippen LogP contribution in [0.1, 0.15) is 86.5 Å². The third-order valence-corrected chi connectivity index (χ3v) is 12.7. The van der Waals surface area contributed by atoms with Gasteiger partial charge < -0.3 is 4.74 Å². The number of ether oxygens (including phenoxy) is 1. The fraction of sp³-hybridized carbons (Fsp3) is 0.750. The summed E-state index contributed by atoms with van der Waals surface area (Å²) in [6, 6.07) is 1.89. The van der Waals surface area contributed by atoms with Crippen molar-refractivity contribution < 1.29 is 27.9 Å². The van der Waals surface area contributed by atoms with Crippen LogP contribution in [-0.2, 0) is 19.1 Å². The lowest BCUT2D eigenvalue weighted by Crippen LogP contribution is -2.66. The third-order valence-electron chi connectivity index (χ3n) is 12.7. The zero-order chi connectivity index (χ0) is 29.0. The maximum Gasteiger partial charge on any atom is 0.312 e. The van der Waals surface area contributed by atoms with Gasteiger partial charge in [-0.05, 0) is 86.0 Å². The maximum absolute atomic E-state index is 14.7. The fourth-order valence-electron chi connectivity index (χ4n) is 10.2. The van der Waals surface area contributed by atoms with Crippen LogP contribution in [0.15, 0.2) is 23.3 Å². The van der Waals surface area contributed by atoms with Gasteiger partial charge in [-0.2, -0.15) is 5.26 Å². The minimum absolute atomic E-state index is 0.0253. The number of alkyl halides is 2. The number of hydrogen-bond acceptors (Lipinski definition) is 5. The Balaban J connectivity index is 1.71. The normalized spacial score (nSPS) is 46.5. The molecule has 0 radical (unpaired) electrons. The van der Waals surface area contributed by atoms with Gasteiger partial charge in [-0.25, -0.2) is 8.78 Å². The van der Waals surface area contributed by atoms with E-state index >= 15 is 0 Å². The second kappa shape index (κ2) is 8.33. The number of rotatable bonds is 2. The van der Waals surface area contributed by atoms with Crippen LogP contribution in [0.4, 0.5) is 8.78 Å². The van der Waals surface area contributed by atoms with E-state index in [2.05, 4.69) is 27.7 Å². The topological polar surface area (TPSA) is 84.2 Å². The fourth-order valence-corrected chi connectivity index (χ4v) is 10.2. The molecule has 0 aromatic rings. The van der Waals surface area contributed by atoms with E-state index in [9.17, 15) is 28.4 Å². The van der Waals surface area contributed by atoms with Gasteiger partial charge in [0.15, 0.2) is 11.6 Å². The van der Waals surface area contributed by atoms with Crippen LogP contribution < -0.4 is 0 Å². The second-order valence-corrected chi connectivity index (χ2v) is 14.8. The number of methoxy groups -OCH3 is 1.